The van der Waals surface area contributed by atoms with Gasteiger partial charge in [0.2, 0.25) is 0 Å². The van der Waals surface area contributed by atoms with E-state index < -0.39 is 0 Å². The number of anilines is 1. The predicted molar refractivity (Wildman–Crippen MR) is 79.1 cm³/mol. The Morgan fingerprint density at radius 2 is 2.06 bits per heavy atom. The van der Waals surface area contributed by atoms with Crippen LogP contribution in [-0.2, 0) is 6.61 Å². The van der Waals surface area contributed by atoms with Gasteiger partial charge >= 0.3 is 0 Å². The molecule has 0 saturated carbocycles. The number of aryl methyl sites for hydroxylation is 1. The van der Waals surface area contributed by atoms with Gasteiger partial charge in [0.15, 0.2) is 0 Å². The van der Waals surface area contributed by atoms with E-state index >= 15 is 0 Å². The third kappa shape index (κ3) is 2.98. The van der Waals surface area contributed by atoms with Crippen molar-refractivity contribution in [2.24, 2.45) is 0 Å². The van der Waals surface area contributed by atoms with Gasteiger partial charge in [-0.1, -0.05) is 29.8 Å². The maximum atomic E-state index is 5.95. The van der Waals surface area contributed by atoms with Gasteiger partial charge in [-0.05, 0) is 46.6 Å². The van der Waals surface area contributed by atoms with Gasteiger partial charge < -0.3 is 10.5 Å². The minimum atomic E-state index is 0.451. The van der Waals surface area contributed by atoms with Gasteiger partial charge in [-0.2, -0.15) is 0 Å². The molecular weight excluding hydrogens is 314 g/mol. The number of halogens is 2. The Bertz CT molecular complexity index is 570. The number of nitrogen functional groups attached to an aromatic ring is 1. The lowest BCUT2D eigenvalue weighted by atomic mass is 10.2. The van der Waals surface area contributed by atoms with E-state index in [0.29, 0.717) is 17.3 Å². The Morgan fingerprint density at radius 1 is 1.28 bits per heavy atom. The molecule has 0 bridgehead atoms. The van der Waals surface area contributed by atoms with Crippen LogP contribution in [0.5, 0.6) is 5.75 Å². The molecule has 94 valence electrons. The van der Waals surface area contributed by atoms with E-state index in [4.69, 9.17) is 22.1 Å². The van der Waals surface area contributed by atoms with Gasteiger partial charge in [-0.15, -0.1) is 0 Å². The van der Waals surface area contributed by atoms with Gasteiger partial charge in [0.05, 0.1) is 0 Å². The molecule has 2 aromatic carbocycles. The lowest BCUT2D eigenvalue weighted by Crippen LogP contribution is -1.99. The minimum absolute atomic E-state index is 0.451. The fourth-order valence-corrected chi connectivity index (χ4v) is 2.14. The average Bonchev–Trinajstić information content (AvgIpc) is 2.35. The summed E-state index contributed by atoms with van der Waals surface area (Å²) >= 11 is 9.40. The second-order valence-corrected chi connectivity index (χ2v) is 5.25. The molecule has 0 aliphatic rings. The van der Waals surface area contributed by atoms with Crippen molar-refractivity contribution in [3.63, 3.8) is 0 Å². The number of benzene rings is 2. The number of rotatable bonds is 3. The molecular formula is C14H13BrClNO. The van der Waals surface area contributed by atoms with Crippen LogP contribution in [0.4, 0.5) is 5.69 Å². The fourth-order valence-electron chi connectivity index (χ4n) is 1.60. The summed E-state index contributed by atoms with van der Waals surface area (Å²) in [6, 6.07) is 11.3. The van der Waals surface area contributed by atoms with E-state index in [1.807, 2.05) is 43.3 Å². The molecule has 0 amide bonds. The summed E-state index contributed by atoms with van der Waals surface area (Å²) in [5, 5.41) is 0.669. The van der Waals surface area contributed by atoms with Crippen LogP contribution < -0.4 is 10.5 Å². The highest BCUT2D eigenvalue weighted by Gasteiger charge is 2.05. The van der Waals surface area contributed by atoms with E-state index in [-0.39, 0.29) is 0 Å². The first-order chi connectivity index (χ1) is 8.58. The molecule has 0 saturated heterocycles. The highest BCUT2D eigenvalue weighted by atomic mass is 79.9. The van der Waals surface area contributed by atoms with Crippen LogP contribution in [0.25, 0.3) is 0 Å². The molecule has 0 heterocycles. The van der Waals surface area contributed by atoms with Crippen LogP contribution in [-0.4, -0.2) is 0 Å². The fraction of sp³-hybridized carbons (Fsp3) is 0.143. The first-order valence-electron chi connectivity index (χ1n) is 5.50. The second-order valence-electron chi connectivity index (χ2n) is 4.02. The van der Waals surface area contributed by atoms with E-state index in [1.54, 1.807) is 0 Å². The summed E-state index contributed by atoms with van der Waals surface area (Å²) in [4.78, 5) is 0. The molecule has 0 aliphatic heterocycles. The van der Waals surface area contributed by atoms with Crippen molar-refractivity contribution in [1.29, 1.82) is 0 Å². The van der Waals surface area contributed by atoms with Crippen molar-refractivity contribution in [3.8, 4) is 5.75 Å². The van der Waals surface area contributed by atoms with Crippen molar-refractivity contribution in [2.75, 3.05) is 5.73 Å². The predicted octanol–water partition coefficient (Wildman–Crippen LogP) is 4.57. The van der Waals surface area contributed by atoms with Crippen molar-refractivity contribution in [2.45, 2.75) is 13.5 Å². The van der Waals surface area contributed by atoms with E-state index in [9.17, 15) is 0 Å². The summed E-state index contributed by atoms with van der Waals surface area (Å²) in [5.74, 6) is 0.789. The topological polar surface area (TPSA) is 35.2 Å². The lowest BCUT2D eigenvalue weighted by molar-refractivity contribution is 0.303. The first kappa shape index (κ1) is 13.2. The third-order valence-corrected chi connectivity index (χ3v) is 3.84. The average molecular weight is 327 g/mol. The smallest absolute Gasteiger partial charge is 0.124 e. The minimum Gasteiger partial charge on any atom is -0.489 e. The Hall–Kier alpha value is -1.19. The summed E-state index contributed by atoms with van der Waals surface area (Å²) in [6.45, 7) is 2.44. The zero-order valence-corrected chi connectivity index (χ0v) is 12.3. The van der Waals surface area contributed by atoms with Crippen LogP contribution in [0.3, 0.4) is 0 Å². The van der Waals surface area contributed by atoms with Gasteiger partial charge in [-0.25, -0.2) is 0 Å². The Labute approximate surface area is 120 Å². The van der Waals surface area contributed by atoms with Crippen LogP contribution >= 0.6 is 27.5 Å². The normalized spacial score (nSPS) is 10.4. The Morgan fingerprint density at radius 3 is 2.83 bits per heavy atom. The number of hydrogen-bond acceptors (Lipinski definition) is 2. The quantitative estimate of drug-likeness (QED) is 0.838. The van der Waals surface area contributed by atoms with E-state index in [2.05, 4.69) is 15.9 Å². The highest BCUT2D eigenvalue weighted by Crippen LogP contribution is 2.27. The van der Waals surface area contributed by atoms with Crippen molar-refractivity contribution >= 4 is 33.2 Å². The zero-order chi connectivity index (χ0) is 13.1. The van der Waals surface area contributed by atoms with Gasteiger partial charge in [-0.3, -0.25) is 0 Å². The number of nitrogens with two attached hydrogens (primary N) is 1. The summed E-state index contributed by atoms with van der Waals surface area (Å²) < 4.78 is 6.65. The first-order valence-corrected chi connectivity index (χ1v) is 6.67. The molecule has 18 heavy (non-hydrogen) atoms. The maximum absolute atomic E-state index is 5.95. The highest BCUT2D eigenvalue weighted by molar-refractivity contribution is 9.10. The molecule has 0 radical (unpaired) electrons. The van der Waals surface area contributed by atoms with Crippen molar-refractivity contribution in [3.05, 3.63) is 57.0 Å². The van der Waals surface area contributed by atoms with Crippen molar-refractivity contribution in [1.82, 2.24) is 0 Å². The molecule has 0 aromatic heterocycles. The van der Waals surface area contributed by atoms with Gasteiger partial charge in [0, 0.05) is 20.7 Å². The zero-order valence-electron chi connectivity index (χ0n) is 9.91. The monoisotopic (exact) mass is 325 g/mol. The largest absolute Gasteiger partial charge is 0.489 e. The molecule has 0 atom stereocenters. The van der Waals surface area contributed by atoms with Gasteiger partial charge in [0.25, 0.3) is 0 Å². The molecule has 2 rings (SSSR count). The molecule has 0 fully saturated rings. The van der Waals surface area contributed by atoms with Crippen LogP contribution in [0.1, 0.15) is 11.1 Å². The summed E-state index contributed by atoms with van der Waals surface area (Å²) in [6.07, 6.45) is 0. The van der Waals surface area contributed by atoms with Gasteiger partial charge in [0.1, 0.15) is 12.4 Å². The van der Waals surface area contributed by atoms with Crippen LogP contribution in [0.2, 0.25) is 5.02 Å². The standard InChI is InChI=1S/C14H13BrClNO/c1-9-5-6-11(16)7-13(9)18-8-10-3-2-4-12(17)14(10)15/h2-7H,8,17H2,1H3. The number of ether oxygens (including phenoxy) is 1. The third-order valence-electron chi connectivity index (χ3n) is 2.64. The molecule has 2 N–H and O–H groups in total. The van der Waals surface area contributed by atoms with Crippen molar-refractivity contribution < 1.29 is 4.74 Å². The molecule has 0 spiro atoms. The number of hydrogen-bond donors (Lipinski definition) is 1. The van der Waals surface area contributed by atoms with E-state index in [1.165, 1.54) is 0 Å². The summed E-state index contributed by atoms with van der Waals surface area (Å²) in [5.41, 5.74) is 8.59. The molecule has 4 heteroatoms. The lowest BCUT2D eigenvalue weighted by Gasteiger charge is -2.11. The second kappa shape index (κ2) is 5.63. The van der Waals surface area contributed by atoms with Crippen LogP contribution in [0, 0.1) is 6.92 Å². The molecule has 2 aromatic rings. The molecule has 0 aliphatic carbocycles. The SMILES string of the molecule is Cc1ccc(Cl)cc1OCc1cccc(N)c1Br. The molecule has 0 unspecified atom stereocenters. The summed E-state index contributed by atoms with van der Waals surface area (Å²) in [7, 11) is 0. The Kier molecular flexibility index (Phi) is 4.15. The van der Waals surface area contributed by atoms with E-state index in [0.717, 1.165) is 21.3 Å². The molecule has 2 nitrogen and oxygen atoms in total. The maximum Gasteiger partial charge on any atom is 0.124 e. The van der Waals surface area contributed by atoms with Crippen LogP contribution in [0.15, 0.2) is 40.9 Å². The Balaban J connectivity index is 2.16.